The molecule has 0 aliphatic heterocycles. The lowest BCUT2D eigenvalue weighted by atomic mass is 10.2. The number of alkyl halides is 3. The molecular formula is C13H6ClF3N4O2. The number of halogens is 4. The molecule has 0 radical (unpaired) electrons. The van der Waals surface area contributed by atoms with E-state index in [4.69, 9.17) is 11.6 Å². The number of non-ortho nitro benzene ring substituents is 1. The highest BCUT2D eigenvalue weighted by molar-refractivity contribution is 6.33. The molecule has 1 aromatic carbocycles. The minimum atomic E-state index is -4.57. The van der Waals surface area contributed by atoms with Gasteiger partial charge in [-0.3, -0.25) is 14.5 Å². The van der Waals surface area contributed by atoms with Crippen molar-refractivity contribution in [1.29, 1.82) is 0 Å². The summed E-state index contributed by atoms with van der Waals surface area (Å²) in [5.74, 6) is 0.0999. The normalized spacial score (nSPS) is 11.8. The van der Waals surface area contributed by atoms with E-state index in [0.29, 0.717) is 5.56 Å². The first kappa shape index (κ1) is 15.2. The van der Waals surface area contributed by atoms with Crippen molar-refractivity contribution in [3.8, 4) is 11.4 Å². The molecule has 6 nitrogen and oxygen atoms in total. The fourth-order valence-electron chi connectivity index (χ4n) is 2.04. The van der Waals surface area contributed by atoms with Crippen LogP contribution in [-0.4, -0.2) is 19.5 Å². The Morgan fingerprint density at radius 3 is 2.39 bits per heavy atom. The van der Waals surface area contributed by atoms with Crippen LogP contribution in [0.4, 0.5) is 18.9 Å². The van der Waals surface area contributed by atoms with Crippen LogP contribution in [-0.2, 0) is 6.18 Å². The van der Waals surface area contributed by atoms with Crippen molar-refractivity contribution < 1.29 is 18.1 Å². The molecule has 118 valence electrons. The first-order valence-electron chi connectivity index (χ1n) is 6.13. The zero-order valence-corrected chi connectivity index (χ0v) is 11.8. The summed E-state index contributed by atoms with van der Waals surface area (Å²) in [7, 11) is 0. The second-order valence-corrected chi connectivity index (χ2v) is 5.00. The minimum Gasteiger partial charge on any atom is -0.281 e. The van der Waals surface area contributed by atoms with Crippen LogP contribution in [0.1, 0.15) is 5.56 Å². The van der Waals surface area contributed by atoms with E-state index in [-0.39, 0.29) is 22.2 Å². The van der Waals surface area contributed by atoms with E-state index in [1.807, 2.05) is 0 Å². The van der Waals surface area contributed by atoms with E-state index < -0.39 is 16.7 Å². The molecule has 0 saturated heterocycles. The summed E-state index contributed by atoms with van der Waals surface area (Å²) in [6.45, 7) is 0. The summed E-state index contributed by atoms with van der Waals surface area (Å²) in [5.41, 5.74) is -0.652. The first-order chi connectivity index (χ1) is 10.8. The molecule has 23 heavy (non-hydrogen) atoms. The van der Waals surface area contributed by atoms with E-state index in [2.05, 4.69) is 10.2 Å². The van der Waals surface area contributed by atoms with Gasteiger partial charge in [0, 0.05) is 23.9 Å². The van der Waals surface area contributed by atoms with Crippen molar-refractivity contribution in [1.82, 2.24) is 14.6 Å². The zero-order valence-electron chi connectivity index (χ0n) is 11.1. The lowest BCUT2D eigenvalue weighted by Gasteiger charge is -2.08. The van der Waals surface area contributed by atoms with Crippen LogP contribution in [0.3, 0.4) is 0 Å². The topological polar surface area (TPSA) is 73.3 Å². The molecule has 0 aliphatic rings. The van der Waals surface area contributed by atoms with Crippen LogP contribution >= 0.6 is 11.6 Å². The van der Waals surface area contributed by atoms with Crippen molar-refractivity contribution in [2.45, 2.75) is 6.18 Å². The average Bonchev–Trinajstić information content (AvgIpc) is 2.91. The number of nitrogens with zero attached hydrogens (tertiary/aromatic N) is 4. The number of hydrogen-bond acceptors (Lipinski definition) is 4. The summed E-state index contributed by atoms with van der Waals surface area (Å²) in [5, 5.41) is 18.0. The second kappa shape index (κ2) is 5.20. The van der Waals surface area contributed by atoms with Crippen LogP contribution in [0.2, 0.25) is 5.02 Å². The van der Waals surface area contributed by atoms with E-state index in [9.17, 15) is 23.3 Å². The highest BCUT2D eigenvalue weighted by Gasteiger charge is 2.32. The molecule has 0 aliphatic carbocycles. The third-order valence-corrected chi connectivity index (χ3v) is 3.40. The Morgan fingerprint density at radius 1 is 1.17 bits per heavy atom. The SMILES string of the molecule is O=[N+]([O-])c1ccc(-c2nnc3c(Cl)cc(C(F)(F)F)cn23)cc1. The smallest absolute Gasteiger partial charge is 0.281 e. The second-order valence-electron chi connectivity index (χ2n) is 4.60. The number of benzene rings is 1. The highest BCUT2D eigenvalue weighted by atomic mass is 35.5. The van der Waals surface area contributed by atoms with E-state index in [1.54, 1.807) is 0 Å². The van der Waals surface area contributed by atoms with Crippen molar-refractivity contribution in [2.75, 3.05) is 0 Å². The largest absolute Gasteiger partial charge is 0.417 e. The molecule has 0 amide bonds. The molecule has 0 saturated carbocycles. The number of rotatable bonds is 2. The number of aromatic nitrogens is 3. The Morgan fingerprint density at radius 2 is 1.83 bits per heavy atom. The van der Waals surface area contributed by atoms with Gasteiger partial charge in [0.1, 0.15) is 0 Å². The van der Waals surface area contributed by atoms with Crippen molar-refractivity contribution in [3.05, 3.63) is 57.2 Å². The molecule has 0 bridgehead atoms. The van der Waals surface area contributed by atoms with Gasteiger partial charge in [0.25, 0.3) is 5.69 Å². The number of nitro benzene ring substituents is 1. The summed E-state index contributed by atoms with van der Waals surface area (Å²) in [4.78, 5) is 10.1. The summed E-state index contributed by atoms with van der Waals surface area (Å²) < 4.78 is 39.8. The standard InChI is InChI=1S/C13H6ClF3N4O2/c14-10-5-8(13(15,16)17)6-20-11(18-19-12(10)20)7-1-3-9(4-2-7)21(22)23/h1-6H. The van der Waals surface area contributed by atoms with Gasteiger partial charge in [-0.15, -0.1) is 10.2 Å². The Balaban J connectivity index is 2.18. The number of nitro groups is 1. The maximum Gasteiger partial charge on any atom is 0.417 e. The third kappa shape index (κ3) is 2.70. The minimum absolute atomic E-state index is 0.0630. The molecule has 2 aromatic heterocycles. The van der Waals surface area contributed by atoms with Crippen LogP contribution < -0.4 is 0 Å². The number of hydrogen-bond donors (Lipinski definition) is 0. The average molecular weight is 343 g/mol. The van der Waals surface area contributed by atoms with Gasteiger partial charge in [-0.1, -0.05) is 11.6 Å². The predicted octanol–water partition coefficient (Wildman–Crippen LogP) is 3.98. The van der Waals surface area contributed by atoms with Crippen LogP contribution in [0, 0.1) is 10.1 Å². The Hall–Kier alpha value is -2.68. The van der Waals surface area contributed by atoms with Gasteiger partial charge < -0.3 is 0 Å². The Bertz CT molecular complexity index is 906. The molecule has 2 heterocycles. The number of pyridine rings is 1. The quantitative estimate of drug-likeness (QED) is 0.521. The van der Waals surface area contributed by atoms with E-state index >= 15 is 0 Å². The van der Waals surface area contributed by atoms with Gasteiger partial charge in [-0.25, -0.2) is 0 Å². The van der Waals surface area contributed by atoms with Crippen LogP contribution in [0.5, 0.6) is 0 Å². The molecule has 0 N–H and O–H groups in total. The third-order valence-electron chi connectivity index (χ3n) is 3.12. The molecule has 3 aromatic rings. The van der Waals surface area contributed by atoms with Gasteiger partial charge in [0.15, 0.2) is 11.5 Å². The summed E-state index contributed by atoms with van der Waals surface area (Å²) in [6, 6.07) is 5.98. The Labute approximate surface area is 131 Å². The maximum absolute atomic E-state index is 12.9. The van der Waals surface area contributed by atoms with Gasteiger partial charge >= 0.3 is 6.18 Å². The molecule has 0 unspecified atom stereocenters. The molecule has 0 fully saturated rings. The Kier molecular flexibility index (Phi) is 3.44. The van der Waals surface area contributed by atoms with Crippen molar-refractivity contribution in [2.24, 2.45) is 0 Å². The van der Waals surface area contributed by atoms with E-state index in [1.165, 1.54) is 24.3 Å². The van der Waals surface area contributed by atoms with Crippen LogP contribution in [0.25, 0.3) is 17.0 Å². The molecule has 0 atom stereocenters. The molecule has 10 heteroatoms. The molecular weight excluding hydrogens is 337 g/mol. The lowest BCUT2D eigenvalue weighted by molar-refractivity contribution is -0.384. The fraction of sp³-hybridized carbons (Fsp3) is 0.0769. The van der Waals surface area contributed by atoms with Gasteiger partial charge in [-0.05, 0) is 18.2 Å². The van der Waals surface area contributed by atoms with Crippen molar-refractivity contribution >= 4 is 22.9 Å². The zero-order chi connectivity index (χ0) is 16.8. The molecule has 0 spiro atoms. The van der Waals surface area contributed by atoms with Crippen LogP contribution in [0.15, 0.2) is 36.5 Å². The van der Waals surface area contributed by atoms with Gasteiger partial charge in [0.05, 0.1) is 15.5 Å². The molecule has 3 rings (SSSR count). The fourth-order valence-corrected chi connectivity index (χ4v) is 2.28. The predicted molar refractivity (Wildman–Crippen MR) is 75.1 cm³/mol. The van der Waals surface area contributed by atoms with Gasteiger partial charge in [0.2, 0.25) is 0 Å². The van der Waals surface area contributed by atoms with E-state index in [0.717, 1.165) is 16.7 Å². The number of fused-ring (bicyclic) bond motifs is 1. The monoisotopic (exact) mass is 342 g/mol. The van der Waals surface area contributed by atoms with Crippen molar-refractivity contribution in [3.63, 3.8) is 0 Å². The van der Waals surface area contributed by atoms with Gasteiger partial charge in [-0.2, -0.15) is 13.2 Å². The summed E-state index contributed by atoms with van der Waals surface area (Å²) >= 11 is 5.82. The summed E-state index contributed by atoms with van der Waals surface area (Å²) in [6.07, 6.45) is -3.74. The first-order valence-corrected chi connectivity index (χ1v) is 6.51. The maximum atomic E-state index is 12.9. The lowest BCUT2D eigenvalue weighted by Crippen LogP contribution is -2.07. The highest BCUT2D eigenvalue weighted by Crippen LogP contribution is 2.33.